The molecule has 0 saturated carbocycles. The predicted molar refractivity (Wildman–Crippen MR) is 41.2 cm³/mol. The fourth-order valence-electron chi connectivity index (χ4n) is 0.895. The van der Waals surface area contributed by atoms with Crippen LogP contribution in [0.4, 0.5) is 13.2 Å². The van der Waals surface area contributed by atoms with Crippen LogP contribution in [0, 0.1) is 0 Å². The number of hydrogen-bond acceptors (Lipinski definition) is 3. The summed E-state index contributed by atoms with van der Waals surface area (Å²) < 4.78 is 41.4. The van der Waals surface area contributed by atoms with E-state index in [-0.39, 0.29) is 12.0 Å². The van der Waals surface area contributed by atoms with Gasteiger partial charge in [0.05, 0.1) is 7.11 Å². The number of hydrogen-bond donors (Lipinski definition) is 0. The topological polar surface area (TPSA) is 39.2 Å². The SMILES string of the molecule is COc1ccc(C=O)nc1C(F)(F)F. The first-order chi connectivity index (χ1) is 6.49. The van der Waals surface area contributed by atoms with Crippen LogP contribution in [0.1, 0.15) is 16.2 Å². The molecule has 0 saturated heterocycles. The lowest BCUT2D eigenvalue weighted by Crippen LogP contribution is -2.11. The molecule has 76 valence electrons. The molecule has 6 heteroatoms. The summed E-state index contributed by atoms with van der Waals surface area (Å²) >= 11 is 0. The summed E-state index contributed by atoms with van der Waals surface area (Å²) in [6.07, 6.45) is -4.38. The third-order valence-corrected chi connectivity index (χ3v) is 1.49. The zero-order valence-corrected chi connectivity index (χ0v) is 7.13. The molecule has 0 atom stereocenters. The highest BCUT2D eigenvalue weighted by Gasteiger charge is 2.36. The zero-order chi connectivity index (χ0) is 10.8. The van der Waals surface area contributed by atoms with Crippen LogP contribution in [-0.2, 0) is 6.18 Å². The van der Waals surface area contributed by atoms with Crippen molar-refractivity contribution in [3.63, 3.8) is 0 Å². The number of halogens is 3. The van der Waals surface area contributed by atoms with Gasteiger partial charge in [0.2, 0.25) is 0 Å². The lowest BCUT2D eigenvalue weighted by atomic mass is 10.3. The predicted octanol–water partition coefficient (Wildman–Crippen LogP) is 1.92. The van der Waals surface area contributed by atoms with Crippen molar-refractivity contribution in [1.29, 1.82) is 0 Å². The Morgan fingerprint density at radius 2 is 2.07 bits per heavy atom. The van der Waals surface area contributed by atoms with E-state index >= 15 is 0 Å². The molecular weight excluding hydrogens is 199 g/mol. The molecule has 3 nitrogen and oxygen atoms in total. The number of aldehydes is 1. The quantitative estimate of drug-likeness (QED) is 0.692. The number of pyridine rings is 1. The fourth-order valence-corrected chi connectivity index (χ4v) is 0.895. The molecule has 0 aliphatic carbocycles. The first-order valence-corrected chi connectivity index (χ1v) is 3.56. The number of aromatic nitrogens is 1. The smallest absolute Gasteiger partial charge is 0.437 e. The van der Waals surface area contributed by atoms with Gasteiger partial charge in [-0.05, 0) is 12.1 Å². The minimum atomic E-state index is -4.62. The first kappa shape index (κ1) is 10.5. The molecule has 0 aliphatic rings. The largest absolute Gasteiger partial charge is 0.494 e. The molecule has 0 aromatic carbocycles. The Balaban J connectivity index is 3.29. The van der Waals surface area contributed by atoms with Gasteiger partial charge in [-0.1, -0.05) is 0 Å². The second kappa shape index (κ2) is 3.65. The highest BCUT2D eigenvalue weighted by atomic mass is 19.4. The van der Waals surface area contributed by atoms with Gasteiger partial charge >= 0.3 is 6.18 Å². The Kier molecular flexibility index (Phi) is 2.73. The Bertz CT molecular complexity index is 349. The van der Waals surface area contributed by atoms with Gasteiger partial charge < -0.3 is 4.74 Å². The summed E-state index contributed by atoms with van der Waals surface area (Å²) in [7, 11) is 1.10. The number of nitrogens with zero attached hydrogens (tertiary/aromatic N) is 1. The monoisotopic (exact) mass is 205 g/mol. The van der Waals surface area contributed by atoms with Crippen molar-refractivity contribution in [2.24, 2.45) is 0 Å². The van der Waals surface area contributed by atoms with E-state index in [9.17, 15) is 18.0 Å². The van der Waals surface area contributed by atoms with Crippen molar-refractivity contribution >= 4 is 6.29 Å². The van der Waals surface area contributed by atoms with Crippen LogP contribution < -0.4 is 4.74 Å². The Labute approximate surface area is 77.5 Å². The minimum absolute atomic E-state index is 0.245. The number of methoxy groups -OCH3 is 1. The molecule has 0 N–H and O–H groups in total. The van der Waals surface area contributed by atoms with Crippen LogP contribution >= 0.6 is 0 Å². The zero-order valence-electron chi connectivity index (χ0n) is 7.13. The molecule has 0 fully saturated rings. The molecule has 0 unspecified atom stereocenters. The average Bonchev–Trinajstić information content (AvgIpc) is 2.15. The van der Waals surface area contributed by atoms with E-state index in [0.717, 1.165) is 19.2 Å². The van der Waals surface area contributed by atoms with Gasteiger partial charge in [-0.15, -0.1) is 0 Å². The summed E-state index contributed by atoms with van der Waals surface area (Å²) in [6, 6.07) is 2.21. The summed E-state index contributed by atoms with van der Waals surface area (Å²) in [6.45, 7) is 0. The molecule has 0 radical (unpaired) electrons. The molecule has 1 rings (SSSR count). The fraction of sp³-hybridized carbons (Fsp3) is 0.250. The van der Waals surface area contributed by atoms with Crippen molar-refractivity contribution in [1.82, 2.24) is 4.98 Å². The molecule has 1 aromatic rings. The van der Waals surface area contributed by atoms with Crippen molar-refractivity contribution in [2.45, 2.75) is 6.18 Å². The molecule has 14 heavy (non-hydrogen) atoms. The molecule has 0 aliphatic heterocycles. The molecular formula is C8H6F3NO2. The molecule has 0 spiro atoms. The van der Waals surface area contributed by atoms with Gasteiger partial charge in [0.25, 0.3) is 0 Å². The average molecular weight is 205 g/mol. The van der Waals surface area contributed by atoms with E-state index in [1.165, 1.54) is 0 Å². The minimum Gasteiger partial charge on any atom is -0.494 e. The maximum atomic E-state index is 12.3. The third-order valence-electron chi connectivity index (χ3n) is 1.49. The maximum Gasteiger partial charge on any atom is 0.437 e. The van der Waals surface area contributed by atoms with Gasteiger partial charge in [0.15, 0.2) is 12.0 Å². The van der Waals surface area contributed by atoms with E-state index < -0.39 is 17.6 Å². The van der Waals surface area contributed by atoms with Crippen molar-refractivity contribution in [3.8, 4) is 5.75 Å². The number of ether oxygens (including phenoxy) is 1. The van der Waals surface area contributed by atoms with Crippen LogP contribution in [0.3, 0.4) is 0 Å². The standard InChI is InChI=1S/C8H6F3NO2/c1-14-6-3-2-5(4-13)12-7(6)8(9,10)11/h2-4H,1H3. The number of alkyl halides is 3. The van der Waals surface area contributed by atoms with Crippen LogP contribution in [-0.4, -0.2) is 18.4 Å². The van der Waals surface area contributed by atoms with Crippen LogP contribution in [0.5, 0.6) is 5.75 Å². The summed E-state index contributed by atoms with van der Waals surface area (Å²) in [5, 5.41) is 0. The summed E-state index contributed by atoms with van der Waals surface area (Å²) in [5.41, 5.74) is -1.47. The Morgan fingerprint density at radius 1 is 1.43 bits per heavy atom. The maximum absolute atomic E-state index is 12.3. The van der Waals surface area contributed by atoms with E-state index in [1.54, 1.807) is 0 Å². The second-order valence-corrected chi connectivity index (χ2v) is 2.40. The van der Waals surface area contributed by atoms with E-state index in [1.807, 2.05) is 0 Å². The number of rotatable bonds is 2. The van der Waals surface area contributed by atoms with E-state index in [4.69, 9.17) is 0 Å². The van der Waals surface area contributed by atoms with E-state index in [0.29, 0.717) is 0 Å². The summed E-state index contributed by atoms with van der Waals surface area (Å²) in [4.78, 5) is 13.3. The van der Waals surface area contributed by atoms with Crippen LogP contribution in [0.2, 0.25) is 0 Å². The van der Waals surface area contributed by atoms with E-state index in [2.05, 4.69) is 9.72 Å². The lowest BCUT2D eigenvalue weighted by Gasteiger charge is -2.10. The first-order valence-electron chi connectivity index (χ1n) is 3.56. The van der Waals surface area contributed by atoms with Crippen LogP contribution in [0.25, 0.3) is 0 Å². The highest BCUT2D eigenvalue weighted by molar-refractivity contribution is 5.72. The molecule has 1 aromatic heterocycles. The second-order valence-electron chi connectivity index (χ2n) is 2.40. The Hall–Kier alpha value is -1.59. The van der Waals surface area contributed by atoms with Crippen molar-refractivity contribution in [2.75, 3.05) is 7.11 Å². The Morgan fingerprint density at radius 3 is 2.50 bits per heavy atom. The van der Waals surface area contributed by atoms with Crippen molar-refractivity contribution < 1.29 is 22.7 Å². The normalized spacial score (nSPS) is 11.1. The summed E-state index contributed by atoms with van der Waals surface area (Å²) in [5.74, 6) is -0.400. The highest BCUT2D eigenvalue weighted by Crippen LogP contribution is 2.34. The third kappa shape index (κ3) is 2.01. The van der Waals surface area contributed by atoms with Crippen molar-refractivity contribution in [3.05, 3.63) is 23.5 Å². The van der Waals surface area contributed by atoms with Gasteiger partial charge in [0, 0.05) is 0 Å². The molecule has 0 bridgehead atoms. The molecule has 0 amide bonds. The molecule has 1 heterocycles. The lowest BCUT2D eigenvalue weighted by molar-refractivity contribution is -0.142. The van der Waals surface area contributed by atoms with Gasteiger partial charge in [0.1, 0.15) is 11.4 Å². The van der Waals surface area contributed by atoms with Gasteiger partial charge in [-0.25, -0.2) is 4.98 Å². The number of carbonyl (C=O) groups excluding carboxylic acids is 1. The van der Waals surface area contributed by atoms with Gasteiger partial charge in [-0.3, -0.25) is 4.79 Å². The number of carbonyl (C=O) groups is 1. The van der Waals surface area contributed by atoms with Crippen LogP contribution in [0.15, 0.2) is 12.1 Å². The van der Waals surface area contributed by atoms with Gasteiger partial charge in [-0.2, -0.15) is 13.2 Å².